The topological polar surface area (TPSA) is 34.2 Å². The highest BCUT2D eigenvalue weighted by Crippen LogP contribution is 2.26. The average molecular weight is 415 g/mol. The zero-order valence-electron chi connectivity index (χ0n) is 16.6. The summed E-state index contributed by atoms with van der Waals surface area (Å²) in [6.45, 7) is 5.62. The van der Waals surface area contributed by atoms with Crippen LogP contribution in [0.25, 0.3) is 0 Å². The van der Waals surface area contributed by atoms with Gasteiger partial charge in [0.15, 0.2) is 12.0 Å². The normalized spacial score (nSPS) is 19.6. The smallest absolute Gasteiger partial charge is 0.231 e. The van der Waals surface area contributed by atoms with Gasteiger partial charge in [-0.15, -0.1) is 0 Å². The van der Waals surface area contributed by atoms with Crippen LogP contribution in [0.1, 0.15) is 19.3 Å². The summed E-state index contributed by atoms with van der Waals surface area (Å²) in [5, 5.41) is 0.729. The lowest BCUT2D eigenvalue weighted by Gasteiger charge is -2.36. The van der Waals surface area contributed by atoms with E-state index in [1.54, 1.807) is 12.5 Å². The Labute approximate surface area is 177 Å². The van der Waals surface area contributed by atoms with Crippen LogP contribution in [0.2, 0.25) is 5.02 Å². The molecular weight excluding hydrogens is 388 g/mol. The third kappa shape index (κ3) is 5.58. The monoisotopic (exact) mass is 414 g/mol. The quantitative estimate of drug-likeness (QED) is 0.604. The Kier molecular flexibility index (Phi) is 6.80. The van der Waals surface area contributed by atoms with Crippen molar-refractivity contribution in [1.82, 2.24) is 9.80 Å². The molecule has 2 aliphatic heterocycles. The first-order chi connectivity index (χ1) is 14.3. The minimum absolute atomic E-state index is 0.711. The van der Waals surface area contributed by atoms with Gasteiger partial charge < -0.3 is 19.1 Å². The molecule has 5 nitrogen and oxygen atoms in total. The summed E-state index contributed by atoms with van der Waals surface area (Å²) in [7, 11) is 0. The van der Waals surface area contributed by atoms with E-state index in [4.69, 9.17) is 25.8 Å². The number of nitrogens with zero attached hydrogens (tertiary/aromatic N) is 2. The molecular formula is C23H27ClN2O3. The van der Waals surface area contributed by atoms with Gasteiger partial charge in [0.05, 0.1) is 6.61 Å². The zero-order chi connectivity index (χ0) is 19.9. The van der Waals surface area contributed by atoms with Gasteiger partial charge in [-0.3, -0.25) is 4.90 Å². The maximum atomic E-state index is 5.89. The SMILES string of the molecule is Clc1ccc(OCCCN2CCN(C3=COC(C4=CC=CCC4)=CO3)CC2)cc1. The molecule has 0 atom stereocenters. The van der Waals surface area contributed by atoms with Crippen molar-refractivity contribution in [1.29, 1.82) is 0 Å². The third-order valence-electron chi connectivity index (χ3n) is 5.29. The van der Waals surface area contributed by atoms with Crippen molar-refractivity contribution in [3.63, 3.8) is 0 Å². The number of halogens is 1. The molecule has 1 aromatic rings. The molecule has 0 N–H and O–H groups in total. The second-order valence-corrected chi connectivity index (χ2v) is 7.75. The molecule has 0 unspecified atom stereocenters. The summed E-state index contributed by atoms with van der Waals surface area (Å²) in [5.74, 6) is 2.48. The van der Waals surface area contributed by atoms with Gasteiger partial charge in [0, 0.05) is 37.7 Å². The molecule has 6 heteroatoms. The minimum atomic E-state index is 0.711. The van der Waals surface area contributed by atoms with Gasteiger partial charge in [-0.1, -0.05) is 29.8 Å². The van der Waals surface area contributed by atoms with Gasteiger partial charge in [0.2, 0.25) is 5.88 Å². The van der Waals surface area contributed by atoms with Crippen LogP contribution >= 0.6 is 11.6 Å². The van der Waals surface area contributed by atoms with E-state index in [9.17, 15) is 0 Å². The van der Waals surface area contributed by atoms with Crippen LogP contribution < -0.4 is 4.74 Å². The Morgan fingerprint density at radius 1 is 1.00 bits per heavy atom. The van der Waals surface area contributed by atoms with Crippen LogP contribution in [-0.2, 0) is 9.47 Å². The third-order valence-corrected chi connectivity index (χ3v) is 5.54. The van der Waals surface area contributed by atoms with Crippen LogP contribution in [0.4, 0.5) is 0 Å². The molecule has 0 radical (unpaired) electrons. The van der Waals surface area contributed by atoms with E-state index < -0.39 is 0 Å². The maximum absolute atomic E-state index is 5.89. The predicted octanol–water partition coefficient (Wildman–Crippen LogP) is 4.69. The van der Waals surface area contributed by atoms with Crippen molar-refractivity contribution in [3.05, 3.63) is 77.3 Å². The first kappa shape index (κ1) is 19.9. The van der Waals surface area contributed by atoms with Gasteiger partial charge in [-0.05, 0) is 49.1 Å². The van der Waals surface area contributed by atoms with E-state index in [0.717, 1.165) is 74.4 Å². The summed E-state index contributed by atoms with van der Waals surface area (Å²) in [6.07, 6.45) is 12.9. The molecule has 1 aromatic carbocycles. The van der Waals surface area contributed by atoms with Crippen LogP contribution in [0.3, 0.4) is 0 Å². The Morgan fingerprint density at radius 2 is 1.83 bits per heavy atom. The Balaban J connectivity index is 1.14. The maximum Gasteiger partial charge on any atom is 0.231 e. The fourth-order valence-corrected chi connectivity index (χ4v) is 3.72. The van der Waals surface area contributed by atoms with Crippen molar-refractivity contribution in [2.75, 3.05) is 39.3 Å². The lowest BCUT2D eigenvalue weighted by atomic mass is 10.0. The number of benzene rings is 1. The standard InChI is InChI=1S/C23H27ClN2O3/c24-20-7-9-21(10-8-20)27-16-4-11-25-12-14-26(15-13-25)23-18-28-22(17-29-23)19-5-2-1-3-6-19/h1-2,5,7-10,17-18H,3-4,6,11-16H2. The lowest BCUT2D eigenvalue weighted by Crippen LogP contribution is -2.46. The molecule has 0 spiro atoms. The summed E-state index contributed by atoms with van der Waals surface area (Å²) < 4.78 is 17.5. The Morgan fingerprint density at radius 3 is 2.52 bits per heavy atom. The molecule has 0 aromatic heterocycles. The van der Waals surface area contributed by atoms with E-state index in [2.05, 4.69) is 28.0 Å². The summed E-state index contributed by atoms with van der Waals surface area (Å²) >= 11 is 5.89. The lowest BCUT2D eigenvalue weighted by molar-refractivity contribution is 0.0823. The fourth-order valence-electron chi connectivity index (χ4n) is 3.59. The molecule has 1 aliphatic carbocycles. The van der Waals surface area contributed by atoms with Crippen LogP contribution in [0.5, 0.6) is 5.75 Å². The van der Waals surface area contributed by atoms with Gasteiger partial charge in [-0.25, -0.2) is 0 Å². The minimum Gasteiger partial charge on any atom is -0.494 e. The van der Waals surface area contributed by atoms with Crippen molar-refractivity contribution < 1.29 is 14.2 Å². The first-order valence-electron chi connectivity index (χ1n) is 10.2. The second kappa shape index (κ2) is 9.90. The van der Waals surface area contributed by atoms with Crippen molar-refractivity contribution in [3.8, 4) is 5.75 Å². The van der Waals surface area contributed by atoms with E-state index in [-0.39, 0.29) is 0 Å². The molecule has 0 bridgehead atoms. The molecule has 154 valence electrons. The molecule has 0 saturated carbocycles. The molecule has 2 heterocycles. The highest BCUT2D eigenvalue weighted by molar-refractivity contribution is 6.30. The van der Waals surface area contributed by atoms with Gasteiger partial charge in [-0.2, -0.15) is 0 Å². The number of allylic oxidation sites excluding steroid dienone is 4. The number of hydrogen-bond acceptors (Lipinski definition) is 5. The number of piperazine rings is 1. The number of ether oxygens (including phenoxy) is 3. The van der Waals surface area contributed by atoms with Crippen LogP contribution in [0, 0.1) is 0 Å². The predicted molar refractivity (Wildman–Crippen MR) is 114 cm³/mol. The summed E-state index contributed by atoms with van der Waals surface area (Å²) in [4.78, 5) is 4.70. The van der Waals surface area contributed by atoms with E-state index in [0.29, 0.717) is 6.61 Å². The van der Waals surface area contributed by atoms with Crippen molar-refractivity contribution in [2.24, 2.45) is 0 Å². The number of rotatable bonds is 7. The van der Waals surface area contributed by atoms with Gasteiger partial charge >= 0.3 is 0 Å². The molecule has 3 aliphatic rings. The van der Waals surface area contributed by atoms with E-state index in [1.165, 1.54) is 5.57 Å². The van der Waals surface area contributed by atoms with E-state index in [1.807, 2.05) is 24.3 Å². The molecule has 1 fully saturated rings. The first-order valence-corrected chi connectivity index (χ1v) is 10.6. The zero-order valence-corrected chi connectivity index (χ0v) is 17.3. The number of hydrogen-bond donors (Lipinski definition) is 0. The summed E-state index contributed by atoms with van der Waals surface area (Å²) in [6, 6.07) is 7.51. The van der Waals surface area contributed by atoms with Crippen molar-refractivity contribution >= 4 is 11.6 Å². The molecule has 29 heavy (non-hydrogen) atoms. The molecule has 1 saturated heterocycles. The molecule has 0 amide bonds. The van der Waals surface area contributed by atoms with Crippen LogP contribution in [0.15, 0.2) is 72.2 Å². The summed E-state index contributed by atoms with van der Waals surface area (Å²) in [5.41, 5.74) is 1.19. The fraction of sp³-hybridized carbons (Fsp3) is 0.391. The highest BCUT2D eigenvalue weighted by Gasteiger charge is 2.22. The van der Waals surface area contributed by atoms with Crippen molar-refractivity contribution in [2.45, 2.75) is 19.3 Å². The van der Waals surface area contributed by atoms with Gasteiger partial charge in [0.25, 0.3) is 0 Å². The van der Waals surface area contributed by atoms with Crippen LogP contribution in [-0.4, -0.2) is 49.1 Å². The van der Waals surface area contributed by atoms with Gasteiger partial charge in [0.1, 0.15) is 12.0 Å². The molecule has 4 rings (SSSR count). The largest absolute Gasteiger partial charge is 0.494 e. The van der Waals surface area contributed by atoms with E-state index >= 15 is 0 Å². The Bertz CT molecular complexity index is 806. The second-order valence-electron chi connectivity index (χ2n) is 7.32. The average Bonchev–Trinajstić information content (AvgIpc) is 2.79. The highest BCUT2D eigenvalue weighted by atomic mass is 35.5. The Hall–Kier alpha value is -2.37.